The Bertz CT molecular complexity index is 408. The fourth-order valence-corrected chi connectivity index (χ4v) is 1.69. The van der Waals surface area contributed by atoms with Crippen molar-refractivity contribution in [3.8, 4) is 0 Å². The number of carbonyl (C=O) groups is 2. The molecule has 0 heterocycles. The van der Waals surface area contributed by atoms with Crippen LogP contribution in [0.3, 0.4) is 0 Å². The number of likely N-dealkylation sites (N-methyl/N-ethyl adjacent to an activating group) is 1. The van der Waals surface area contributed by atoms with Crippen LogP contribution in [0, 0.1) is 0 Å². The Morgan fingerprint density at radius 1 is 1.33 bits per heavy atom. The monoisotopic (exact) mass is 269 g/mol. The van der Waals surface area contributed by atoms with E-state index >= 15 is 0 Å². The smallest absolute Gasteiger partial charge is 0.329 e. The third-order valence-corrected chi connectivity index (χ3v) is 2.84. The van der Waals surface area contributed by atoms with Crippen molar-refractivity contribution in [2.24, 2.45) is 0 Å². The first-order valence-corrected chi connectivity index (χ1v) is 6.07. The number of hydrogen-bond acceptors (Lipinski definition) is 3. The lowest BCUT2D eigenvalue weighted by Crippen LogP contribution is -2.42. The first-order chi connectivity index (χ1) is 8.56. The number of rotatable bonds is 5. The van der Waals surface area contributed by atoms with E-state index in [-0.39, 0.29) is 6.61 Å². The highest BCUT2D eigenvalue weighted by molar-refractivity contribution is 6.62. The molecule has 4 nitrogen and oxygen atoms in total. The molecule has 1 aromatic rings. The number of amides is 1. The minimum absolute atomic E-state index is 0.272. The van der Waals surface area contributed by atoms with Crippen LogP contribution < -0.4 is 0 Å². The van der Waals surface area contributed by atoms with Crippen LogP contribution in [0.25, 0.3) is 0 Å². The fourth-order valence-electron chi connectivity index (χ4n) is 1.58. The van der Waals surface area contributed by atoms with Crippen LogP contribution in [0.2, 0.25) is 0 Å². The van der Waals surface area contributed by atoms with Gasteiger partial charge in [0.15, 0.2) is 0 Å². The van der Waals surface area contributed by atoms with Crippen molar-refractivity contribution in [2.45, 2.75) is 19.4 Å². The summed E-state index contributed by atoms with van der Waals surface area (Å²) in [5, 5.41) is -0.677. The molecule has 0 aliphatic heterocycles. The molecule has 0 N–H and O–H groups in total. The second-order valence-electron chi connectivity index (χ2n) is 3.82. The molecule has 5 heteroatoms. The molecule has 18 heavy (non-hydrogen) atoms. The predicted molar refractivity (Wildman–Crippen MR) is 69.6 cm³/mol. The molecular formula is C13H16ClNO3. The lowest BCUT2D eigenvalue weighted by molar-refractivity contribution is -0.147. The Hall–Kier alpha value is -1.55. The van der Waals surface area contributed by atoms with E-state index < -0.39 is 17.4 Å². The Labute approximate surface area is 111 Å². The van der Waals surface area contributed by atoms with E-state index in [0.717, 1.165) is 5.56 Å². The fraction of sp³-hybridized carbons (Fsp3) is 0.385. The molecule has 0 saturated carbocycles. The summed E-state index contributed by atoms with van der Waals surface area (Å²) in [6.07, 6.45) is 0.384. The predicted octanol–water partition coefficient (Wildman–Crippen LogP) is 2.45. The number of esters is 1. The molecule has 0 spiro atoms. The van der Waals surface area contributed by atoms with E-state index in [1.54, 1.807) is 6.92 Å². The summed E-state index contributed by atoms with van der Waals surface area (Å²) in [6, 6.07) is 8.72. The highest BCUT2D eigenvalue weighted by Gasteiger charge is 2.27. The summed E-state index contributed by atoms with van der Waals surface area (Å²) in [6.45, 7) is 1.99. The van der Waals surface area contributed by atoms with Gasteiger partial charge >= 0.3 is 11.3 Å². The largest absolute Gasteiger partial charge is 0.464 e. The number of hydrogen-bond donors (Lipinski definition) is 0. The number of ether oxygens (including phenoxy) is 1. The highest BCUT2D eigenvalue weighted by atomic mass is 35.5. The SMILES string of the molecule is CCOC(=O)[C@H](Cc1ccccc1)N(C)C(=O)Cl. The molecule has 0 unspecified atom stereocenters. The molecule has 98 valence electrons. The molecule has 0 aromatic heterocycles. The van der Waals surface area contributed by atoms with Crippen molar-refractivity contribution in [3.05, 3.63) is 35.9 Å². The Balaban J connectivity index is 2.84. The maximum atomic E-state index is 11.8. The zero-order valence-corrected chi connectivity index (χ0v) is 11.2. The van der Waals surface area contributed by atoms with Crippen LogP contribution in [-0.4, -0.2) is 35.9 Å². The van der Waals surface area contributed by atoms with E-state index in [2.05, 4.69) is 0 Å². The Morgan fingerprint density at radius 3 is 2.44 bits per heavy atom. The van der Waals surface area contributed by atoms with Crippen molar-refractivity contribution in [1.29, 1.82) is 0 Å². The number of nitrogens with zero attached hydrogens (tertiary/aromatic N) is 1. The summed E-state index contributed by atoms with van der Waals surface area (Å²) < 4.78 is 4.96. The summed E-state index contributed by atoms with van der Waals surface area (Å²) in [7, 11) is 1.49. The standard InChI is InChI=1S/C13H16ClNO3/c1-3-18-12(16)11(15(2)13(14)17)9-10-7-5-4-6-8-10/h4-8,11H,3,9H2,1-2H3/t11-/m0/s1. The van der Waals surface area contributed by atoms with Gasteiger partial charge in [0.2, 0.25) is 0 Å². The molecule has 1 atom stereocenters. The second kappa shape index (κ2) is 7.01. The second-order valence-corrected chi connectivity index (χ2v) is 4.14. The maximum absolute atomic E-state index is 11.8. The van der Waals surface area contributed by atoms with Crippen molar-refractivity contribution >= 4 is 22.9 Å². The highest BCUT2D eigenvalue weighted by Crippen LogP contribution is 2.11. The maximum Gasteiger partial charge on any atom is 0.329 e. The average molecular weight is 270 g/mol. The van der Waals surface area contributed by atoms with Crippen molar-refractivity contribution in [1.82, 2.24) is 4.90 Å². The van der Waals surface area contributed by atoms with E-state index in [1.807, 2.05) is 30.3 Å². The number of halogens is 1. The van der Waals surface area contributed by atoms with Gasteiger partial charge in [-0.05, 0) is 24.1 Å². The lowest BCUT2D eigenvalue weighted by Gasteiger charge is -2.24. The molecular weight excluding hydrogens is 254 g/mol. The normalized spacial score (nSPS) is 11.7. The minimum Gasteiger partial charge on any atom is -0.464 e. The zero-order valence-electron chi connectivity index (χ0n) is 10.4. The van der Waals surface area contributed by atoms with Crippen molar-refractivity contribution in [2.75, 3.05) is 13.7 Å². The molecule has 0 radical (unpaired) electrons. The Kier molecular flexibility index (Phi) is 5.65. The summed E-state index contributed by atoms with van der Waals surface area (Å²) in [5.74, 6) is -0.446. The van der Waals surface area contributed by atoms with Crippen LogP contribution >= 0.6 is 11.6 Å². The van der Waals surface area contributed by atoms with Gasteiger partial charge in [0.1, 0.15) is 6.04 Å². The summed E-state index contributed by atoms with van der Waals surface area (Å²) in [4.78, 5) is 24.2. The van der Waals surface area contributed by atoms with E-state index in [0.29, 0.717) is 6.42 Å². The molecule has 0 aliphatic carbocycles. The van der Waals surface area contributed by atoms with Crippen LogP contribution in [0.4, 0.5) is 4.79 Å². The Morgan fingerprint density at radius 2 is 1.94 bits per heavy atom. The van der Waals surface area contributed by atoms with Gasteiger partial charge in [0.05, 0.1) is 6.61 Å². The van der Waals surface area contributed by atoms with Crippen LogP contribution in [0.15, 0.2) is 30.3 Å². The average Bonchev–Trinajstić information content (AvgIpc) is 2.36. The third kappa shape index (κ3) is 4.04. The van der Waals surface area contributed by atoms with Gasteiger partial charge in [-0.2, -0.15) is 0 Å². The van der Waals surface area contributed by atoms with Crippen molar-refractivity contribution < 1.29 is 14.3 Å². The zero-order chi connectivity index (χ0) is 13.5. The third-order valence-electron chi connectivity index (χ3n) is 2.58. The molecule has 1 rings (SSSR count). The van der Waals surface area contributed by atoms with Gasteiger partial charge in [-0.3, -0.25) is 4.79 Å². The first kappa shape index (κ1) is 14.5. The number of carbonyl (C=O) groups excluding carboxylic acids is 2. The minimum atomic E-state index is -0.697. The quantitative estimate of drug-likeness (QED) is 0.469. The molecule has 0 saturated heterocycles. The van der Waals surface area contributed by atoms with Gasteiger partial charge in [-0.15, -0.1) is 0 Å². The molecule has 0 aliphatic rings. The van der Waals surface area contributed by atoms with E-state index in [9.17, 15) is 9.59 Å². The van der Waals surface area contributed by atoms with Crippen LogP contribution in [0.5, 0.6) is 0 Å². The molecule has 1 amide bonds. The summed E-state index contributed by atoms with van der Waals surface area (Å²) in [5.41, 5.74) is 0.945. The topological polar surface area (TPSA) is 46.6 Å². The molecule has 1 aromatic carbocycles. The van der Waals surface area contributed by atoms with Gasteiger partial charge < -0.3 is 9.64 Å². The van der Waals surface area contributed by atoms with Gasteiger partial charge in [-0.25, -0.2) is 4.79 Å². The number of benzene rings is 1. The molecule has 0 bridgehead atoms. The molecule has 0 fully saturated rings. The van der Waals surface area contributed by atoms with Gasteiger partial charge in [-0.1, -0.05) is 30.3 Å². The van der Waals surface area contributed by atoms with Crippen LogP contribution in [0.1, 0.15) is 12.5 Å². The van der Waals surface area contributed by atoms with E-state index in [4.69, 9.17) is 16.3 Å². The van der Waals surface area contributed by atoms with Gasteiger partial charge in [0, 0.05) is 13.5 Å². The van der Waals surface area contributed by atoms with E-state index in [1.165, 1.54) is 11.9 Å². The summed E-state index contributed by atoms with van der Waals surface area (Å²) >= 11 is 5.41. The first-order valence-electron chi connectivity index (χ1n) is 5.69. The van der Waals surface area contributed by atoms with Crippen LogP contribution in [-0.2, 0) is 16.0 Å². The lowest BCUT2D eigenvalue weighted by atomic mass is 10.1. The van der Waals surface area contributed by atoms with Gasteiger partial charge in [0.25, 0.3) is 0 Å². The van der Waals surface area contributed by atoms with Crippen molar-refractivity contribution in [3.63, 3.8) is 0 Å².